The van der Waals surface area contributed by atoms with Gasteiger partial charge >= 0.3 is 0 Å². The van der Waals surface area contributed by atoms with E-state index in [0.29, 0.717) is 0 Å². The third kappa shape index (κ3) is 7.67. The summed E-state index contributed by atoms with van der Waals surface area (Å²) in [6.45, 7) is 8.09. The van der Waals surface area contributed by atoms with Crippen LogP contribution in [0.25, 0.3) is 0 Å². The van der Waals surface area contributed by atoms with Gasteiger partial charge in [-0.05, 0) is 30.8 Å². The second-order valence-electron chi connectivity index (χ2n) is 4.37. The van der Waals surface area contributed by atoms with Crippen LogP contribution in [0.15, 0.2) is 54.7 Å². The monoisotopic (exact) mass is 271 g/mol. The highest BCUT2D eigenvalue weighted by molar-refractivity contribution is 5.14. The Kier molecular flexibility index (Phi) is 9.11. The van der Waals surface area contributed by atoms with Crippen molar-refractivity contribution in [2.45, 2.75) is 26.9 Å². The number of benzene rings is 1. The van der Waals surface area contributed by atoms with Gasteiger partial charge in [0.05, 0.1) is 5.69 Å². The lowest BCUT2D eigenvalue weighted by Gasteiger charge is -1.99. The molecule has 0 unspecified atom stereocenters. The lowest BCUT2D eigenvalue weighted by atomic mass is 10.2. The molecule has 0 spiro atoms. The van der Waals surface area contributed by atoms with Crippen LogP contribution in [0.4, 0.5) is 0 Å². The maximum Gasteiger partial charge on any atom is 0.0541 e. The van der Waals surface area contributed by atoms with Crippen molar-refractivity contribution in [3.63, 3.8) is 0 Å². The first kappa shape index (κ1) is 16.3. The number of hydrogen-bond acceptors (Lipinski definition) is 3. The molecule has 0 aliphatic heterocycles. The second-order valence-corrected chi connectivity index (χ2v) is 4.37. The van der Waals surface area contributed by atoms with Gasteiger partial charge in [-0.1, -0.05) is 50.2 Å². The van der Waals surface area contributed by atoms with Crippen molar-refractivity contribution >= 4 is 0 Å². The molecule has 0 fully saturated rings. The summed E-state index contributed by atoms with van der Waals surface area (Å²) >= 11 is 0. The van der Waals surface area contributed by atoms with Gasteiger partial charge in [-0.2, -0.15) is 0 Å². The number of nitrogens with one attached hydrogen (secondary N) is 2. The standard InChI is InChI=1S/C9H13N.C8H12N2/c1-2-10-8-9-6-4-3-5-7-9;1-2-9-7-8-5-3-4-6-10-8/h3-7,10H,2,8H2,1H3;3-6,9H,2,7H2,1H3. The molecule has 2 aromatic rings. The fourth-order valence-corrected chi connectivity index (χ4v) is 1.62. The number of pyridine rings is 1. The van der Waals surface area contributed by atoms with Gasteiger partial charge in [0.25, 0.3) is 0 Å². The third-order valence-electron chi connectivity index (χ3n) is 2.70. The van der Waals surface area contributed by atoms with Crippen molar-refractivity contribution in [1.29, 1.82) is 0 Å². The molecule has 1 heterocycles. The maximum absolute atomic E-state index is 4.15. The number of rotatable bonds is 6. The average molecular weight is 271 g/mol. The second kappa shape index (κ2) is 11.1. The van der Waals surface area contributed by atoms with Gasteiger partial charge in [-0.15, -0.1) is 0 Å². The van der Waals surface area contributed by atoms with Crippen LogP contribution in [0, 0.1) is 0 Å². The van der Waals surface area contributed by atoms with Crippen molar-refractivity contribution in [1.82, 2.24) is 15.6 Å². The molecule has 0 saturated heterocycles. The normalized spacial score (nSPS) is 9.70. The van der Waals surface area contributed by atoms with Crippen LogP contribution >= 0.6 is 0 Å². The van der Waals surface area contributed by atoms with E-state index in [1.165, 1.54) is 5.56 Å². The maximum atomic E-state index is 4.15. The Morgan fingerprint density at radius 3 is 2.05 bits per heavy atom. The zero-order valence-corrected chi connectivity index (χ0v) is 12.5. The van der Waals surface area contributed by atoms with E-state index in [4.69, 9.17) is 0 Å². The highest BCUT2D eigenvalue weighted by Gasteiger charge is 1.87. The smallest absolute Gasteiger partial charge is 0.0541 e. The number of nitrogens with zero attached hydrogens (tertiary/aromatic N) is 1. The molecule has 0 aliphatic rings. The van der Waals surface area contributed by atoms with Crippen LogP contribution in [-0.2, 0) is 13.1 Å². The molecule has 108 valence electrons. The van der Waals surface area contributed by atoms with E-state index in [1.54, 1.807) is 0 Å². The summed E-state index contributed by atoms with van der Waals surface area (Å²) in [4.78, 5) is 4.15. The summed E-state index contributed by atoms with van der Waals surface area (Å²) in [5.41, 5.74) is 2.45. The minimum atomic E-state index is 0.872. The minimum absolute atomic E-state index is 0.872. The molecule has 1 aromatic carbocycles. The lowest BCUT2D eigenvalue weighted by Crippen LogP contribution is -2.12. The van der Waals surface area contributed by atoms with Gasteiger partial charge in [0.2, 0.25) is 0 Å². The molecule has 3 heteroatoms. The van der Waals surface area contributed by atoms with Crippen LogP contribution in [0.1, 0.15) is 25.1 Å². The molecule has 2 rings (SSSR count). The quantitative estimate of drug-likeness (QED) is 0.848. The molecule has 0 atom stereocenters. The van der Waals surface area contributed by atoms with Crippen LogP contribution in [0.2, 0.25) is 0 Å². The predicted molar refractivity (Wildman–Crippen MR) is 85.4 cm³/mol. The molecule has 1 aromatic heterocycles. The topological polar surface area (TPSA) is 37.0 Å². The lowest BCUT2D eigenvalue weighted by molar-refractivity contribution is 0.711. The molecular formula is C17H25N3. The Hall–Kier alpha value is -1.71. The highest BCUT2D eigenvalue weighted by atomic mass is 14.9. The molecule has 0 aliphatic carbocycles. The first-order valence-electron chi connectivity index (χ1n) is 7.22. The molecule has 0 saturated carbocycles. The summed E-state index contributed by atoms with van der Waals surface area (Å²) in [5, 5.41) is 6.47. The third-order valence-corrected chi connectivity index (χ3v) is 2.70. The van der Waals surface area contributed by atoms with E-state index in [2.05, 4.69) is 53.7 Å². The van der Waals surface area contributed by atoms with Crippen LogP contribution in [0.5, 0.6) is 0 Å². The summed E-state index contributed by atoms with van der Waals surface area (Å²) in [7, 11) is 0. The Bertz CT molecular complexity index is 385. The molecule has 0 amide bonds. The number of hydrogen-bond donors (Lipinski definition) is 2. The predicted octanol–water partition coefficient (Wildman–Crippen LogP) is 2.99. The van der Waals surface area contributed by atoms with Crippen molar-refractivity contribution in [3.8, 4) is 0 Å². The molecule has 0 bridgehead atoms. The molecule has 2 N–H and O–H groups in total. The Morgan fingerprint density at radius 1 is 0.800 bits per heavy atom. The number of aromatic nitrogens is 1. The summed E-state index contributed by atoms with van der Waals surface area (Å²) in [6.07, 6.45) is 1.81. The summed E-state index contributed by atoms with van der Waals surface area (Å²) in [6, 6.07) is 16.4. The van der Waals surface area contributed by atoms with Gasteiger partial charge in [-0.3, -0.25) is 4.98 Å². The Labute approximate surface area is 122 Å². The molecular weight excluding hydrogens is 246 g/mol. The molecule has 0 radical (unpaired) electrons. The first-order valence-corrected chi connectivity index (χ1v) is 7.22. The van der Waals surface area contributed by atoms with Gasteiger partial charge in [0.1, 0.15) is 0 Å². The van der Waals surface area contributed by atoms with E-state index in [-0.39, 0.29) is 0 Å². The average Bonchev–Trinajstić information content (AvgIpc) is 2.53. The minimum Gasteiger partial charge on any atom is -0.313 e. The summed E-state index contributed by atoms with van der Waals surface area (Å²) < 4.78 is 0. The molecule has 20 heavy (non-hydrogen) atoms. The van der Waals surface area contributed by atoms with Crippen molar-refractivity contribution in [2.75, 3.05) is 13.1 Å². The Balaban J connectivity index is 0.000000200. The van der Waals surface area contributed by atoms with E-state index < -0.39 is 0 Å². The fourth-order valence-electron chi connectivity index (χ4n) is 1.62. The highest BCUT2D eigenvalue weighted by Crippen LogP contribution is 1.96. The zero-order chi connectivity index (χ0) is 14.5. The van der Waals surface area contributed by atoms with Gasteiger partial charge < -0.3 is 10.6 Å². The van der Waals surface area contributed by atoms with Crippen LogP contribution < -0.4 is 10.6 Å². The SMILES string of the molecule is CCNCc1ccccc1.CCNCc1ccccn1. The van der Waals surface area contributed by atoms with Crippen molar-refractivity contribution in [2.24, 2.45) is 0 Å². The summed E-state index contributed by atoms with van der Waals surface area (Å²) in [5.74, 6) is 0. The first-order chi connectivity index (χ1) is 9.86. The van der Waals surface area contributed by atoms with Crippen molar-refractivity contribution < 1.29 is 0 Å². The van der Waals surface area contributed by atoms with E-state index in [9.17, 15) is 0 Å². The van der Waals surface area contributed by atoms with Crippen LogP contribution in [0.3, 0.4) is 0 Å². The largest absolute Gasteiger partial charge is 0.313 e. The van der Waals surface area contributed by atoms with Crippen molar-refractivity contribution in [3.05, 3.63) is 66.0 Å². The van der Waals surface area contributed by atoms with Gasteiger partial charge in [-0.25, -0.2) is 0 Å². The fraction of sp³-hybridized carbons (Fsp3) is 0.353. The van der Waals surface area contributed by atoms with Crippen LogP contribution in [-0.4, -0.2) is 18.1 Å². The van der Waals surface area contributed by atoms with E-state index >= 15 is 0 Å². The van der Waals surface area contributed by atoms with Gasteiger partial charge in [0.15, 0.2) is 0 Å². The zero-order valence-electron chi connectivity index (χ0n) is 12.5. The molecule has 3 nitrogen and oxygen atoms in total. The Morgan fingerprint density at radius 2 is 1.45 bits per heavy atom. The van der Waals surface area contributed by atoms with E-state index in [1.807, 2.05) is 30.5 Å². The van der Waals surface area contributed by atoms with E-state index in [0.717, 1.165) is 31.9 Å². The van der Waals surface area contributed by atoms with Gasteiger partial charge in [0, 0.05) is 19.3 Å².